The van der Waals surface area contributed by atoms with Crippen molar-refractivity contribution in [3.05, 3.63) is 22.4 Å². The highest BCUT2D eigenvalue weighted by atomic mass is 32.1. The maximum absolute atomic E-state index is 12.1. The Bertz CT molecular complexity index is 337. The van der Waals surface area contributed by atoms with Crippen LogP contribution in [0.2, 0.25) is 0 Å². The monoisotopic (exact) mass is 237 g/mol. The average molecular weight is 237 g/mol. The molecule has 2 rings (SSSR count). The van der Waals surface area contributed by atoms with Crippen molar-refractivity contribution < 1.29 is 4.79 Å². The number of carbonyl (C=O) groups is 1. The summed E-state index contributed by atoms with van der Waals surface area (Å²) in [7, 11) is 0. The molecule has 1 fully saturated rings. The van der Waals surface area contributed by atoms with Gasteiger partial charge < -0.3 is 4.90 Å². The van der Waals surface area contributed by atoms with E-state index in [2.05, 4.69) is 13.8 Å². The Labute approximate surface area is 101 Å². The third kappa shape index (κ3) is 2.46. The molecule has 3 heteroatoms. The zero-order chi connectivity index (χ0) is 11.5. The van der Waals surface area contributed by atoms with Crippen LogP contribution in [0, 0.1) is 11.8 Å². The molecule has 0 aromatic carbocycles. The van der Waals surface area contributed by atoms with Gasteiger partial charge in [0.05, 0.1) is 4.88 Å². The SMILES string of the molecule is CC(C)C1CCN(C(=O)c2cccs2)CC1. The van der Waals surface area contributed by atoms with Crippen LogP contribution in [-0.4, -0.2) is 23.9 Å². The fourth-order valence-corrected chi connectivity index (χ4v) is 3.02. The van der Waals surface area contributed by atoms with E-state index >= 15 is 0 Å². The minimum atomic E-state index is 0.220. The molecular weight excluding hydrogens is 218 g/mol. The van der Waals surface area contributed by atoms with Gasteiger partial charge in [0.15, 0.2) is 0 Å². The highest BCUT2D eigenvalue weighted by Crippen LogP contribution is 2.25. The van der Waals surface area contributed by atoms with E-state index in [-0.39, 0.29) is 5.91 Å². The Balaban J connectivity index is 1.92. The van der Waals surface area contributed by atoms with Crippen LogP contribution in [0.3, 0.4) is 0 Å². The van der Waals surface area contributed by atoms with Crippen LogP contribution in [-0.2, 0) is 0 Å². The summed E-state index contributed by atoms with van der Waals surface area (Å²) in [5.74, 6) is 1.77. The molecule has 2 nitrogen and oxygen atoms in total. The van der Waals surface area contributed by atoms with Crippen LogP contribution in [0.15, 0.2) is 17.5 Å². The van der Waals surface area contributed by atoms with Gasteiger partial charge in [0, 0.05) is 13.1 Å². The van der Waals surface area contributed by atoms with E-state index in [1.54, 1.807) is 11.3 Å². The molecule has 1 aliphatic heterocycles. The molecule has 88 valence electrons. The topological polar surface area (TPSA) is 20.3 Å². The largest absolute Gasteiger partial charge is 0.338 e. The average Bonchev–Trinajstić information content (AvgIpc) is 2.81. The van der Waals surface area contributed by atoms with Gasteiger partial charge in [0.1, 0.15) is 0 Å². The van der Waals surface area contributed by atoms with E-state index in [0.717, 1.165) is 42.6 Å². The number of hydrogen-bond donors (Lipinski definition) is 0. The summed E-state index contributed by atoms with van der Waals surface area (Å²) in [5.41, 5.74) is 0. The van der Waals surface area contributed by atoms with Gasteiger partial charge in [-0.1, -0.05) is 19.9 Å². The molecule has 0 aliphatic carbocycles. The molecule has 16 heavy (non-hydrogen) atoms. The second-order valence-corrected chi connectivity index (χ2v) is 5.80. The minimum Gasteiger partial charge on any atom is -0.338 e. The molecule has 1 aromatic heterocycles. The fraction of sp³-hybridized carbons (Fsp3) is 0.615. The first-order valence-electron chi connectivity index (χ1n) is 6.01. The molecule has 0 radical (unpaired) electrons. The number of rotatable bonds is 2. The van der Waals surface area contributed by atoms with E-state index in [9.17, 15) is 4.79 Å². The van der Waals surface area contributed by atoms with E-state index in [4.69, 9.17) is 0 Å². The molecular formula is C13H19NOS. The Morgan fingerprint density at radius 3 is 2.62 bits per heavy atom. The number of carbonyl (C=O) groups excluding carboxylic acids is 1. The highest BCUT2D eigenvalue weighted by Gasteiger charge is 2.25. The molecule has 2 heterocycles. The van der Waals surface area contributed by atoms with Gasteiger partial charge in [-0.15, -0.1) is 11.3 Å². The summed E-state index contributed by atoms with van der Waals surface area (Å²) in [6, 6.07) is 3.86. The van der Waals surface area contributed by atoms with Gasteiger partial charge in [0.2, 0.25) is 0 Å². The molecule has 0 atom stereocenters. The van der Waals surface area contributed by atoms with Crippen LogP contribution < -0.4 is 0 Å². The molecule has 1 saturated heterocycles. The van der Waals surface area contributed by atoms with E-state index in [0.29, 0.717) is 0 Å². The summed E-state index contributed by atoms with van der Waals surface area (Å²) >= 11 is 1.54. The quantitative estimate of drug-likeness (QED) is 0.773. The molecule has 0 N–H and O–H groups in total. The van der Waals surface area contributed by atoms with Crippen molar-refractivity contribution in [2.75, 3.05) is 13.1 Å². The van der Waals surface area contributed by atoms with Crippen molar-refractivity contribution in [2.45, 2.75) is 26.7 Å². The third-order valence-electron chi connectivity index (χ3n) is 3.50. The van der Waals surface area contributed by atoms with E-state index in [1.165, 1.54) is 0 Å². The number of amides is 1. The number of thiophene rings is 1. The Morgan fingerprint density at radius 1 is 1.44 bits per heavy atom. The zero-order valence-electron chi connectivity index (χ0n) is 9.98. The minimum absolute atomic E-state index is 0.220. The predicted octanol–water partition coefficient (Wildman–Crippen LogP) is 3.26. The lowest BCUT2D eigenvalue weighted by Crippen LogP contribution is -2.39. The number of nitrogens with zero attached hydrogens (tertiary/aromatic N) is 1. The van der Waals surface area contributed by atoms with Crippen molar-refractivity contribution in [1.29, 1.82) is 0 Å². The molecule has 1 amide bonds. The van der Waals surface area contributed by atoms with Crippen LogP contribution in [0.1, 0.15) is 36.4 Å². The lowest BCUT2D eigenvalue weighted by molar-refractivity contribution is 0.0672. The first-order valence-corrected chi connectivity index (χ1v) is 6.89. The Morgan fingerprint density at radius 2 is 2.12 bits per heavy atom. The summed E-state index contributed by atoms with van der Waals surface area (Å²) in [4.78, 5) is 15.0. The number of hydrogen-bond acceptors (Lipinski definition) is 2. The van der Waals surface area contributed by atoms with Crippen LogP contribution >= 0.6 is 11.3 Å². The third-order valence-corrected chi connectivity index (χ3v) is 4.36. The number of likely N-dealkylation sites (tertiary alicyclic amines) is 1. The first kappa shape index (κ1) is 11.6. The second-order valence-electron chi connectivity index (χ2n) is 4.85. The van der Waals surface area contributed by atoms with Crippen LogP contribution in [0.25, 0.3) is 0 Å². The van der Waals surface area contributed by atoms with Gasteiger partial charge in [-0.05, 0) is 36.1 Å². The summed E-state index contributed by atoms with van der Waals surface area (Å²) in [5, 5.41) is 1.97. The molecule has 1 aliphatic rings. The second kappa shape index (κ2) is 5.00. The fourth-order valence-electron chi connectivity index (χ4n) is 2.33. The van der Waals surface area contributed by atoms with Gasteiger partial charge >= 0.3 is 0 Å². The van der Waals surface area contributed by atoms with Crippen molar-refractivity contribution in [2.24, 2.45) is 11.8 Å². The van der Waals surface area contributed by atoms with Gasteiger partial charge in [0.25, 0.3) is 5.91 Å². The Kier molecular flexibility index (Phi) is 3.64. The van der Waals surface area contributed by atoms with Gasteiger partial charge in [-0.25, -0.2) is 0 Å². The maximum atomic E-state index is 12.1. The molecule has 0 saturated carbocycles. The number of piperidine rings is 1. The lowest BCUT2D eigenvalue weighted by Gasteiger charge is -2.33. The van der Waals surface area contributed by atoms with Crippen molar-refractivity contribution in [1.82, 2.24) is 4.90 Å². The van der Waals surface area contributed by atoms with Crippen LogP contribution in [0.5, 0.6) is 0 Å². The van der Waals surface area contributed by atoms with Crippen molar-refractivity contribution in [3.8, 4) is 0 Å². The summed E-state index contributed by atoms with van der Waals surface area (Å²) in [6.07, 6.45) is 2.32. The van der Waals surface area contributed by atoms with Crippen molar-refractivity contribution in [3.63, 3.8) is 0 Å². The zero-order valence-corrected chi connectivity index (χ0v) is 10.8. The van der Waals surface area contributed by atoms with E-state index in [1.807, 2.05) is 22.4 Å². The maximum Gasteiger partial charge on any atom is 0.263 e. The normalized spacial score (nSPS) is 18.1. The smallest absolute Gasteiger partial charge is 0.263 e. The molecule has 0 spiro atoms. The van der Waals surface area contributed by atoms with Gasteiger partial charge in [-0.3, -0.25) is 4.79 Å². The van der Waals surface area contributed by atoms with Crippen molar-refractivity contribution >= 4 is 17.2 Å². The summed E-state index contributed by atoms with van der Waals surface area (Å²) in [6.45, 7) is 6.42. The lowest BCUT2D eigenvalue weighted by atomic mass is 9.87. The molecule has 1 aromatic rings. The van der Waals surface area contributed by atoms with Crippen LogP contribution in [0.4, 0.5) is 0 Å². The Hall–Kier alpha value is -0.830. The van der Waals surface area contributed by atoms with Gasteiger partial charge in [-0.2, -0.15) is 0 Å². The molecule has 0 unspecified atom stereocenters. The standard InChI is InChI=1S/C13H19NOS/c1-10(2)11-5-7-14(8-6-11)13(15)12-4-3-9-16-12/h3-4,9-11H,5-8H2,1-2H3. The first-order chi connectivity index (χ1) is 7.68. The predicted molar refractivity (Wildman–Crippen MR) is 67.8 cm³/mol. The molecule has 0 bridgehead atoms. The highest BCUT2D eigenvalue weighted by molar-refractivity contribution is 7.12. The van der Waals surface area contributed by atoms with E-state index < -0.39 is 0 Å². The summed E-state index contributed by atoms with van der Waals surface area (Å²) < 4.78 is 0.